The van der Waals surface area contributed by atoms with Crippen LogP contribution in [0.4, 0.5) is 0 Å². The number of benzene rings is 3. The third kappa shape index (κ3) is 2.72. The molecule has 27 heavy (non-hydrogen) atoms. The lowest BCUT2D eigenvalue weighted by molar-refractivity contribution is 0.410. The second-order valence-electron chi connectivity index (χ2n) is 7.50. The van der Waals surface area contributed by atoms with Crippen molar-refractivity contribution in [1.82, 2.24) is 5.32 Å². The van der Waals surface area contributed by atoms with Gasteiger partial charge in [-0.1, -0.05) is 24.3 Å². The van der Waals surface area contributed by atoms with E-state index in [1.807, 2.05) is 31.2 Å². The van der Waals surface area contributed by atoms with Gasteiger partial charge in [0.15, 0.2) is 0 Å². The fourth-order valence-corrected chi connectivity index (χ4v) is 4.49. The Labute approximate surface area is 159 Å². The van der Waals surface area contributed by atoms with Crippen LogP contribution in [0.3, 0.4) is 0 Å². The van der Waals surface area contributed by atoms with E-state index in [2.05, 4.69) is 25.2 Å². The third-order valence-electron chi connectivity index (χ3n) is 5.59. The second-order valence-corrected chi connectivity index (χ2v) is 7.50. The van der Waals surface area contributed by atoms with Crippen LogP contribution in [0, 0.1) is 6.92 Å². The predicted molar refractivity (Wildman–Crippen MR) is 109 cm³/mol. The van der Waals surface area contributed by atoms with Gasteiger partial charge in [-0.05, 0) is 61.4 Å². The summed E-state index contributed by atoms with van der Waals surface area (Å²) >= 11 is 0. The Morgan fingerprint density at radius 3 is 2.63 bits per heavy atom. The molecule has 1 aliphatic heterocycles. The van der Waals surface area contributed by atoms with Gasteiger partial charge >= 0.3 is 0 Å². The summed E-state index contributed by atoms with van der Waals surface area (Å²) in [5, 5.41) is 26.7. The summed E-state index contributed by atoms with van der Waals surface area (Å²) < 4.78 is 5.50. The number of hydrogen-bond donors (Lipinski definition) is 3. The van der Waals surface area contributed by atoms with E-state index in [0.717, 1.165) is 34.1 Å². The number of nitrogens with one attached hydrogen (secondary N) is 1. The maximum atomic E-state index is 11.2. The summed E-state index contributed by atoms with van der Waals surface area (Å²) in [5.74, 6) is 1.12. The normalized spacial score (nSPS) is 19.1. The zero-order valence-electron chi connectivity index (χ0n) is 16.1. The van der Waals surface area contributed by atoms with E-state index in [-0.39, 0.29) is 11.8 Å². The number of aryl methyl sites for hydroxylation is 1. The molecular formula is C23H25NO3. The molecule has 3 N–H and O–H groups in total. The predicted octanol–water partition coefficient (Wildman–Crippen LogP) is 4.83. The Morgan fingerprint density at radius 1 is 1.11 bits per heavy atom. The van der Waals surface area contributed by atoms with Gasteiger partial charge in [-0.3, -0.25) is 0 Å². The molecule has 1 aliphatic rings. The van der Waals surface area contributed by atoms with Gasteiger partial charge in [-0.15, -0.1) is 0 Å². The fraction of sp³-hybridized carbons (Fsp3) is 0.304. The number of phenolic OH excluding ortho intramolecular Hbond substituents is 2. The molecule has 3 aromatic carbocycles. The van der Waals surface area contributed by atoms with E-state index in [4.69, 9.17) is 4.74 Å². The second kappa shape index (κ2) is 6.46. The zero-order valence-corrected chi connectivity index (χ0v) is 16.1. The average Bonchev–Trinajstić information content (AvgIpc) is 2.61. The molecule has 0 saturated carbocycles. The van der Waals surface area contributed by atoms with E-state index >= 15 is 0 Å². The molecule has 0 fully saturated rings. The largest absolute Gasteiger partial charge is 0.507 e. The van der Waals surface area contributed by atoms with Crippen LogP contribution in [0.25, 0.3) is 21.9 Å². The molecule has 4 heteroatoms. The smallest absolute Gasteiger partial charge is 0.130 e. The minimum atomic E-state index is 0.0851. The van der Waals surface area contributed by atoms with Gasteiger partial charge in [0.2, 0.25) is 0 Å². The van der Waals surface area contributed by atoms with Crippen molar-refractivity contribution in [1.29, 1.82) is 0 Å². The molecule has 0 aromatic heterocycles. The summed E-state index contributed by atoms with van der Waals surface area (Å²) in [7, 11) is 1.60. The number of ether oxygens (including phenoxy) is 1. The lowest BCUT2D eigenvalue weighted by atomic mass is 9.85. The Bertz CT molecular complexity index is 1040. The SMILES string of the molecule is COc1cc(C)c(-c2ccc3c(c2O)C(C)NC(C)C3)c2cccc(O)c12. The number of methoxy groups -OCH3 is 1. The van der Waals surface area contributed by atoms with Crippen LogP contribution in [0.1, 0.15) is 36.6 Å². The number of fused-ring (bicyclic) bond motifs is 2. The molecule has 0 radical (unpaired) electrons. The van der Waals surface area contributed by atoms with Crippen LogP contribution in [-0.4, -0.2) is 23.4 Å². The highest BCUT2D eigenvalue weighted by molar-refractivity contribution is 6.05. The van der Waals surface area contributed by atoms with Crippen molar-refractivity contribution in [2.24, 2.45) is 0 Å². The topological polar surface area (TPSA) is 61.7 Å². The zero-order chi connectivity index (χ0) is 19.3. The number of rotatable bonds is 2. The first-order valence-electron chi connectivity index (χ1n) is 9.32. The van der Waals surface area contributed by atoms with Gasteiger partial charge in [-0.25, -0.2) is 0 Å². The molecule has 4 nitrogen and oxygen atoms in total. The van der Waals surface area contributed by atoms with E-state index in [1.54, 1.807) is 13.2 Å². The molecule has 0 spiro atoms. The van der Waals surface area contributed by atoms with Crippen LogP contribution >= 0.6 is 0 Å². The van der Waals surface area contributed by atoms with Crippen LogP contribution in [0.15, 0.2) is 36.4 Å². The van der Waals surface area contributed by atoms with E-state index in [0.29, 0.717) is 22.9 Å². The molecule has 0 aliphatic carbocycles. The van der Waals surface area contributed by atoms with Gasteiger partial charge < -0.3 is 20.3 Å². The molecule has 2 unspecified atom stereocenters. The molecule has 0 saturated heterocycles. The minimum absolute atomic E-state index is 0.0851. The summed E-state index contributed by atoms with van der Waals surface area (Å²) in [6, 6.07) is 11.9. The van der Waals surface area contributed by atoms with Crippen molar-refractivity contribution >= 4 is 10.8 Å². The summed E-state index contributed by atoms with van der Waals surface area (Å²) in [6.07, 6.45) is 0.899. The lowest BCUT2D eigenvalue weighted by Gasteiger charge is -2.31. The number of phenols is 2. The quantitative estimate of drug-likeness (QED) is 0.610. The average molecular weight is 363 g/mol. The number of aromatic hydroxyl groups is 2. The Hall–Kier alpha value is -2.72. The van der Waals surface area contributed by atoms with E-state index < -0.39 is 0 Å². The molecule has 140 valence electrons. The van der Waals surface area contributed by atoms with Crippen molar-refractivity contribution in [2.75, 3.05) is 7.11 Å². The van der Waals surface area contributed by atoms with E-state index in [9.17, 15) is 10.2 Å². The van der Waals surface area contributed by atoms with Gasteiger partial charge in [0.05, 0.1) is 12.5 Å². The van der Waals surface area contributed by atoms with Crippen molar-refractivity contribution in [3.63, 3.8) is 0 Å². The van der Waals surface area contributed by atoms with E-state index in [1.165, 1.54) is 5.56 Å². The van der Waals surface area contributed by atoms with Gasteiger partial charge in [0.1, 0.15) is 17.2 Å². The van der Waals surface area contributed by atoms with Crippen LogP contribution in [-0.2, 0) is 6.42 Å². The maximum Gasteiger partial charge on any atom is 0.130 e. The minimum Gasteiger partial charge on any atom is -0.507 e. The Balaban J connectivity index is 2.03. The first-order chi connectivity index (χ1) is 12.9. The first-order valence-corrected chi connectivity index (χ1v) is 9.32. The Morgan fingerprint density at radius 2 is 1.89 bits per heavy atom. The number of hydrogen-bond acceptors (Lipinski definition) is 4. The van der Waals surface area contributed by atoms with Crippen LogP contribution < -0.4 is 10.1 Å². The van der Waals surface area contributed by atoms with Gasteiger partial charge in [0, 0.05) is 23.2 Å². The standard InChI is InChI=1S/C23H25NO3/c1-12-10-19(27-4)22-16(6-5-7-18(22)25)20(12)17-9-8-15-11-13(2)24-14(3)21(15)23(17)26/h5-10,13-14,24-26H,11H2,1-4H3. The molecule has 3 aromatic rings. The molecule has 0 bridgehead atoms. The molecular weight excluding hydrogens is 338 g/mol. The van der Waals surface area contributed by atoms with Crippen molar-refractivity contribution < 1.29 is 14.9 Å². The third-order valence-corrected chi connectivity index (χ3v) is 5.59. The fourth-order valence-electron chi connectivity index (χ4n) is 4.49. The highest BCUT2D eigenvalue weighted by Crippen LogP contribution is 2.46. The maximum absolute atomic E-state index is 11.2. The lowest BCUT2D eigenvalue weighted by Crippen LogP contribution is -2.36. The Kier molecular flexibility index (Phi) is 4.23. The summed E-state index contributed by atoms with van der Waals surface area (Å²) in [4.78, 5) is 0. The van der Waals surface area contributed by atoms with Crippen molar-refractivity contribution in [3.05, 3.63) is 53.1 Å². The first kappa shape index (κ1) is 17.7. The summed E-state index contributed by atoms with van der Waals surface area (Å²) in [6.45, 7) is 6.25. The molecule has 4 rings (SSSR count). The van der Waals surface area contributed by atoms with Gasteiger partial charge in [0.25, 0.3) is 0 Å². The van der Waals surface area contributed by atoms with Crippen LogP contribution in [0.5, 0.6) is 17.2 Å². The molecule has 1 heterocycles. The highest BCUT2D eigenvalue weighted by Gasteiger charge is 2.26. The van der Waals surface area contributed by atoms with Crippen molar-refractivity contribution in [2.45, 2.75) is 39.3 Å². The van der Waals surface area contributed by atoms with Crippen molar-refractivity contribution in [3.8, 4) is 28.4 Å². The molecule has 2 atom stereocenters. The molecule has 0 amide bonds. The van der Waals surface area contributed by atoms with Gasteiger partial charge in [-0.2, -0.15) is 0 Å². The summed E-state index contributed by atoms with van der Waals surface area (Å²) in [5.41, 5.74) is 4.85. The van der Waals surface area contributed by atoms with Crippen LogP contribution in [0.2, 0.25) is 0 Å². The monoisotopic (exact) mass is 363 g/mol. The highest BCUT2D eigenvalue weighted by atomic mass is 16.5.